The molecule has 5 heteroatoms. The lowest BCUT2D eigenvalue weighted by Crippen LogP contribution is -2.48. The first-order chi connectivity index (χ1) is 9.11. The van der Waals surface area contributed by atoms with E-state index in [0.29, 0.717) is 6.41 Å². The van der Waals surface area contributed by atoms with E-state index in [1.165, 1.54) is 5.69 Å². The molecule has 1 fully saturated rings. The standard InChI is InChI=1S/C14H19N3O2/c1-11-9-13(15-10-18)3-4-14(11)17-7-5-16(6-8-17)12(2)19/h3-4,9-10H,5-8H2,1-2H3,(H,15,18). The maximum Gasteiger partial charge on any atom is 0.219 e. The second kappa shape index (κ2) is 5.73. The van der Waals surface area contributed by atoms with Crippen molar-refractivity contribution in [1.29, 1.82) is 0 Å². The van der Waals surface area contributed by atoms with Gasteiger partial charge in [0, 0.05) is 44.5 Å². The van der Waals surface area contributed by atoms with E-state index in [1.54, 1.807) is 6.92 Å². The number of piperazine rings is 1. The zero-order chi connectivity index (χ0) is 13.8. The van der Waals surface area contributed by atoms with Gasteiger partial charge in [0.25, 0.3) is 0 Å². The van der Waals surface area contributed by atoms with Crippen molar-refractivity contribution in [3.8, 4) is 0 Å². The Labute approximate surface area is 113 Å². The van der Waals surface area contributed by atoms with E-state index in [1.807, 2.05) is 30.0 Å². The van der Waals surface area contributed by atoms with Gasteiger partial charge in [-0.05, 0) is 30.7 Å². The summed E-state index contributed by atoms with van der Waals surface area (Å²) in [6.45, 7) is 6.87. The highest BCUT2D eigenvalue weighted by Crippen LogP contribution is 2.24. The van der Waals surface area contributed by atoms with Gasteiger partial charge in [-0.3, -0.25) is 9.59 Å². The molecule has 2 rings (SSSR count). The third-order valence-electron chi connectivity index (χ3n) is 3.49. The molecule has 1 saturated heterocycles. The van der Waals surface area contributed by atoms with Crippen molar-refractivity contribution in [2.45, 2.75) is 13.8 Å². The summed E-state index contributed by atoms with van der Waals surface area (Å²) >= 11 is 0. The van der Waals surface area contributed by atoms with Crippen molar-refractivity contribution < 1.29 is 9.59 Å². The predicted octanol–water partition coefficient (Wildman–Crippen LogP) is 1.23. The molecule has 0 unspecified atom stereocenters. The number of amides is 2. The largest absolute Gasteiger partial charge is 0.368 e. The molecule has 19 heavy (non-hydrogen) atoms. The molecule has 2 amide bonds. The van der Waals surface area contributed by atoms with E-state index < -0.39 is 0 Å². The molecule has 1 heterocycles. The van der Waals surface area contributed by atoms with Crippen LogP contribution >= 0.6 is 0 Å². The number of benzene rings is 1. The third kappa shape index (κ3) is 3.05. The molecule has 1 aliphatic rings. The third-order valence-corrected chi connectivity index (χ3v) is 3.49. The van der Waals surface area contributed by atoms with E-state index in [9.17, 15) is 9.59 Å². The topological polar surface area (TPSA) is 52.7 Å². The van der Waals surface area contributed by atoms with Crippen LogP contribution < -0.4 is 10.2 Å². The molecular weight excluding hydrogens is 242 g/mol. The fourth-order valence-corrected chi connectivity index (χ4v) is 2.43. The first kappa shape index (κ1) is 13.4. The average Bonchev–Trinajstić information content (AvgIpc) is 2.39. The molecular formula is C14H19N3O2. The fourth-order valence-electron chi connectivity index (χ4n) is 2.43. The van der Waals surface area contributed by atoms with Crippen LogP contribution in [-0.4, -0.2) is 43.4 Å². The molecule has 0 radical (unpaired) electrons. The fraction of sp³-hybridized carbons (Fsp3) is 0.429. The van der Waals surface area contributed by atoms with Gasteiger partial charge in [0.2, 0.25) is 12.3 Å². The molecule has 0 aliphatic carbocycles. The van der Waals surface area contributed by atoms with Crippen LogP contribution in [0.25, 0.3) is 0 Å². The predicted molar refractivity (Wildman–Crippen MR) is 75.3 cm³/mol. The molecule has 0 bridgehead atoms. The maximum atomic E-state index is 11.3. The summed E-state index contributed by atoms with van der Waals surface area (Å²) in [5.41, 5.74) is 3.10. The molecule has 5 nitrogen and oxygen atoms in total. The summed E-state index contributed by atoms with van der Waals surface area (Å²) in [6.07, 6.45) is 0.681. The van der Waals surface area contributed by atoms with Gasteiger partial charge >= 0.3 is 0 Å². The molecule has 0 spiro atoms. The Hall–Kier alpha value is -2.04. The van der Waals surface area contributed by atoms with Crippen LogP contribution in [-0.2, 0) is 9.59 Å². The molecule has 1 aromatic carbocycles. The number of carbonyl (C=O) groups is 2. The van der Waals surface area contributed by atoms with Gasteiger partial charge in [-0.1, -0.05) is 0 Å². The molecule has 0 saturated carbocycles. The van der Waals surface area contributed by atoms with Crippen LogP contribution in [0.1, 0.15) is 12.5 Å². The number of rotatable bonds is 3. The van der Waals surface area contributed by atoms with Crippen LogP contribution in [0.3, 0.4) is 0 Å². The van der Waals surface area contributed by atoms with E-state index >= 15 is 0 Å². The molecule has 0 aromatic heterocycles. The Morgan fingerprint density at radius 3 is 2.47 bits per heavy atom. The van der Waals surface area contributed by atoms with Crippen molar-refractivity contribution in [3.63, 3.8) is 0 Å². The van der Waals surface area contributed by atoms with Gasteiger partial charge in [0.1, 0.15) is 0 Å². The smallest absolute Gasteiger partial charge is 0.219 e. The number of hydrogen-bond donors (Lipinski definition) is 1. The van der Waals surface area contributed by atoms with Crippen LogP contribution in [0.4, 0.5) is 11.4 Å². The minimum absolute atomic E-state index is 0.141. The van der Waals surface area contributed by atoms with Gasteiger partial charge in [-0.15, -0.1) is 0 Å². The minimum atomic E-state index is 0.141. The van der Waals surface area contributed by atoms with Crippen LogP contribution in [0.5, 0.6) is 0 Å². The lowest BCUT2D eigenvalue weighted by molar-refractivity contribution is -0.129. The van der Waals surface area contributed by atoms with Crippen molar-refractivity contribution in [1.82, 2.24) is 4.90 Å². The summed E-state index contributed by atoms with van der Waals surface area (Å²) in [6, 6.07) is 5.87. The Bertz CT molecular complexity index is 480. The summed E-state index contributed by atoms with van der Waals surface area (Å²) in [5, 5.41) is 2.65. The number of hydrogen-bond acceptors (Lipinski definition) is 3. The average molecular weight is 261 g/mol. The highest BCUT2D eigenvalue weighted by atomic mass is 16.2. The molecule has 0 atom stereocenters. The first-order valence-electron chi connectivity index (χ1n) is 6.43. The summed E-state index contributed by atoms with van der Waals surface area (Å²) in [7, 11) is 0. The molecule has 1 aliphatic heterocycles. The van der Waals surface area contributed by atoms with Gasteiger partial charge in [0.15, 0.2) is 0 Å². The maximum absolute atomic E-state index is 11.3. The molecule has 1 aromatic rings. The first-order valence-corrected chi connectivity index (χ1v) is 6.43. The van der Waals surface area contributed by atoms with Gasteiger partial charge in [-0.2, -0.15) is 0 Å². The Kier molecular flexibility index (Phi) is 4.04. The quantitative estimate of drug-likeness (QED) is 0.833. The van der Waals surface area contributed by atoms with Gasteiger partial charge in [-0.25, -0.2) is 0 Å². The second-order valence-corrected chi connectivity index (χ2v) is 4.76. The molecule has 1 N–H and O–H groups in total. The Morgan fingerprint density at radius 1 is 1.26 bits per heavy atom. The number of aryl methyl sites for hydroxylation is 1. The highest BCUT2D eigenvalue weighted by Gasteiger charge is 2.19. The number of nitrogens with one attached hydrogen (secondary N) is 1. The van der Waals surface area contributed by atoms with Gasteiger partial charge < -0.3 is 15.1 Å². The zero-order valence-corrected chi connectivity index (χ0v) is 11.3. The highest BCUT2D eigenvalue weighted by molar-refractivity contribution is 5.74. The lowest BCUT2D eigenvalue weighted by Gasteiger charge is -2.36. The van der Waals surface area contributed by atoms with E-state index in [4.69, 9.17) is 0 Å². The van der Waals surface area contributed by atoms with E-state index in [0.717, 1.165) is 37.4 Å². The van der Waals surface area contributed by atoms with Gasteiger partial charge in [0.05, 0.1) is 0 Å². The van der Waals surface area contributed by atoms with E-state index in [-0.39, 0.29) is 5.91 Å². The molecule has 102 valence electrons. The number of anilines is 2. The lowest BCUT2D eigenvalue weighted by atomic mass is 10.1. The SMILES string of the molecule is CC(=O)N1CCN(c2ccc(NC=O)cc2C)CC1. The van der Waals surface area contributed by atoms with E-state index in [2.05, 4.69) is 10.2 Å². The summed E-state index contributed by atoms with van der Waals surface area (Å²) in [5.74, 6) is 0.141. The normalized spacial score (nSPS) is 15.3. The Morgan fingerprint density at radius 2 is 1.95 bits per heavy atom. The second-order valence-electron chi connectivity index (χ2n) is 4.76. The van der Waals surface area contributed by atoms with Crippen molar-refractivity contribution in [3.05, 3.63) is 23.8 Å². The monoisotopic (exact) mass is 261 g/mol. The minimum Gasteiger partial charge on any atom is -0.368 e. The zero-order valence-electron chi connectivity index (χ0n) is 11.3. The van der Waals surface area contributed by atoms with Crippen LogP contribution in [0.2, 0.25) is 0 Å². The summed E-state index contributed by atoms with van der Waals surface area (Å²) < 4.78 is 0. The van der Waals surface area contributed by atoms with Crippen LogP contribution in [0, 0.1) is 6.92 Å². The van der Waals surface area contributed by atoms with Crippen molar-refractivity contribution in [2.75, 3.05) is 36.4 Å². The summed E-state index contributed by atoms with van der Waals surface area (Å²) in [4.78, 5) is 25.9. The van der Waals surface area contributed by atoms with Crippen molar-refractivity contribution >= 4 is 23.7 Å². The number of carbonyl (C=O) groups excluding carboxylic acids is 2. The Balaban J connectivity index is 2.07. The number of nitrogens with zero attached hydrogens (tertiary/aromatic N) is 2. The van der Waals surface area contributed by atoms with Crippen molar-refractivity contribution in [2.24, 2.45) is 0 Å². The van der Waals surface area contributed by atoms with Crippen LogP contribution in [0.15, 0.2) is 18.2 Å².